The summed E-state index contributed by atoms with van der Waals surface area (Å²) in [4.78, 5) is 14.9. The van der Waals surface area contributed by atoms with Crippen LogP contribution in [-0.4, -0.2) is 24.0 Å². The molecule has 32 heavy (non-hydrogen) atoms. The van der Waals surface area contributed by atoms with Gasteiger partial charge in [-0.15, -0.1) is 0 Å². The largest absolute Gasteiger partial charge is 0.325 e. The molecule has 0 unspecified atom stereocenters. The second-order valence-electron chi connectivity index (χ2n) is 8.70. The average Bonchev–Trinajstić information content (AvgIpc) is 2.81. The fourth-order valence-electron chi connectivity index (χ4n) is 3.94. The molecule has 2 aromatic rings. The van der Waals surface area contributed by atoms with Crippen LogP contribution in [0.25, 0.3) is 0 Å². The van der Waals surface area contributed by atoms with E-state index >= 15 is 0 Å². The number of anilines is 1. The predicted octanol–water partition coefficient (Wildman–Crippen LogP) is 8.73. The minimum absolute atomic E-state index is 0.00778. The molecule has 0 radical (unpaired) electrons. The van der Waals surface area contributed by atoms with E-state index in [1.807, 2.05) is 29.2 Å². The zero-order chi connectivity index (χ0) is 22.9. The second kappa shape index (κ2) is 16.6. The third kappa shape index (κ3) is 11.6. The molecule has 0 aliphatic carbocycles. The predicted molar refractivity (Wildman–Crippen MR) is 139 cm³/mol. The van der Waals surface area contributed by atoms with Crippen LogP contribution in [0.5, 0.6) is 0 Å². The first kappa shape index (κ1) is 26.3. The lowest BCUT2D eigenvalue weighted by Crippen LogP contribution is -2.36. The average molecular weight is 457 g/mol. The summed E-state index contributed by atoms with van der Waals surface area (Å²) in [6.07, 6.45) is 14.8. The molecular formula is C28H41ClN2O. The Kier molecular flexibility index (Phi) is 13.6. The van der Waals surface area contributed by atoms with E-state index in [4.69, 9.17) is 11.6 Å². The van der Waals surface area contributed by atoms with Crippen molar-refractivity contribution in [2.24, 2.45) is 0 Å². The fourth-order valence-corrected chi connectivity index (χ4v) is 4.07. The topological polar surface area (TPSA) is 32.3 Å². The van der Waals surface area contributed by atoms with Crippen molar-refractivity contribution < 1.29 is 4.79 Å². The molecule has 2 amide bonds. The van der Waals surface area contributed by atoms with Gasteiger partial charge in [0.2, 0.25) is 0 Å². The van der Waals surface area contributed by atoms with Crippen molar-refractivity contribution in [3.05, 3.63) is 65.2 Å². The van der Waals surface area contributed by atoms with Gasteiger partial charge < -0.3 is 10.2 Å². The molecule has 0 saturated heterocycles. The SMILES string of the molecule is CCCCCCCCCCCN(CCCCc1ccccc1)C(=O)Nc1ccc(Cl)cc1. The Morgan fingerprint density at radius 1 is 0.750 bits per heavy atom. The van der Waals surface area contributed by atoms with Gasteiger partial charge in [0.1, 0.15) is 0 Å². The third-order valence-electron chi connectivity index (χ3n) is 5.90. The fraction of sp³-hybridized carbons (Fsp3) is 0.536. The maximum absolute atomic E-state index is 12.9. The first-order chi connectivity index (χ1) is 15.7. The number of unbranched alkanes of at least 4 members (excludes halogenated alkanes) is 9. The maximum Gasteiger partial charge on any atom is 0.321 e. The van der Waals surface area contributed by atoms with E-state index in [1.54, 1.807) is 0 Å². The van der Waals surface area contributed by atoms with Gasteiger partial charge in [-0.25, -0.2) is 4.79 Å². The van der Waals surface area contributed by atoms with Gasteiger partial charge in [0, 0.05) is 23.8 Å². The van der Waals surface area contributed by atoms with E-state index in [2.05, 4.69) is 42.6 Å². The number of halogens is 1. The van der Waals surface area contributed by atoms with Crippen molar-refractivity contribution in [3.8, 4) is 0 Å². The van der Waals surface area contributed by atoms with E-state index in [-0.39, 0.29) is 6.03 Å². The van der Waals surface area contributed by atoms with Crippen LogP contribution in [0.4, 0.5) is 10.5 Å². The molecule has 0 bridgehead atoms. The molecule has 4 heteroatoms. The van der Waals surface area contributed by atoms with Crippen molar-refractivity contribution in [1.82, 2.24) is 4.90 Å². The number of carbonyl (C=O) groups excluding carboxylic acids is 1. The highest BCUT2D eigenvalue weighted by molar-refractivity contribution is 6.30. The highest BCUT2D eigenvalue weighted by atomic mass is 35.5. The van der Waals surface area contributed by atoms with Gasteiger partial charge >= 0.3 is 6.03 Å². The van der Waals surface area contributed by atoms with Crippen molar-refractivity contribution >= 4 is 23.3 Å². The lowest BCUT2D eigenvalue weighted by molar-refractivity contribution is 0.209. The third-order valence-corrected chi connectivity index (χ3v) is 6.15. The summed E-state index contributed by atoms with van der Waals surface area (Å²) in [5, 5.41) is 3.71. The van der Waals surface area contributed by atoms with Gasteiger partial charge in [-0.05, 0) is 55.5 Å². The number of rotatable bonds is 16. The number of carbonyl (C=O) groups is 1. The highest BCUT2D eigenvalue weighted by Crippen LogP contribution is 2.15. The first-order valence-corrected chi connectivity index (χ1v) is 12.9. The second-order valence-corrected chi connectivity index (χ2v) is 9.13. The smallest absolute Gasteiger partial charge is 0.321 e. The standard InChI is InChI=1S/C28H41ClN2O/c1-2-3-4-5-6-7-8-9-14-23-31(24-15-13-18-25-16-11-10-12-17-25)28(32)30-27-21-19-26(29)20-22-27/h10-12,16-17,19-22H,2-9,13-15,18,23-24H2,1H3,(H,30,32). The number of nitrogens with zero attached hydrogens (tertiary/aromatic N) is 1. The zero-order valence-electron chi connectivity index (χ0n) is 19.8. The minimum Gasteiger partial charge on any atom is -0.325 e. The van der Waals surface area contributed by atoms with E-state index in [0.29, 0.717) is 5.02 Å². The molecule has 0 atom stereocenters. The van der Waals surface area contributed by atoms with E-state index < -0.39 is 0 Å². The number of amides is 2. The van der Waals surface area contributed by atoms with Crippen LogP contribution in [0, 0.1) is 0 Å². The van der Waals surface area contributed by atoms with Crippen LogP contribution in [-0.2, 0) is 6.42 Å². The van der Waals surface area contributed by atoms with Crippen molar-refractivity contribution in [2.75, 3.05) is 18.4 Å². The number of hydrogen-bond donors (Lipinski definition) is 1. The Labute approximate surface area is 200 Å². The normalized spacial score (nSPS) is 10.8. The summed E-state index contributed by atoms with van der Waals surface area (Å²) >= 11 is 5.97. The Morgan fingerprint density at radius 2 is 1.31 bits per heavy atom. The summed E-state index contributed by atoms with van der Waals surface area (Å²) in [6.45, 7) is 3.88. The van der Waals surface area contributed by atoms with E-state index in [0.717, 1.165) is 44.5 Å². The van der Waals surface area contributed by atoms with Crippen molar-refractivity contribution in [1.29, 1.82) is 0 Å². The van der Waals surface area contributed by atoms with E-state index in [1.165, 1.54) is 56.9 Å². The van der Waals surface area contributed by atoms with Crippen LogP contribution in [0.1, 0.15) is 83.1 Å². The van der Waals surface area contributed by atoms with Crippen LogP contribution >= 0.6 is 11.6 Å². The van der Waals surface area contributed by atoms with Gasteiger partial charge in [0.15, 0.2) is 0 Å². The molecular weight excluding hydrogens is 416 g/mol. The van der Waals surface area contributed by atoms with Gasteiger partial charge in [-0.3, -0.25) is 0 Å². The zero-order valence-corrected chi connectivity index (χ0v) is 20.6. The number of urea groups is 1. The number of aryl methyl sites for hydroxylation is 1. The van der Waals surface area contributed by atoms with Crippen molar-refractivity contribution in [3.63, 3.8) is 0 Å². The number of nitrogens with one attached hydrogen (secondary N) is 1. The van der Waals surface area contributed by atoms with Crippen LogP contribution in [0.2, 0.25) is 5.02 Å². The highest BCUT2D eigenvalue weighted by Gasteiger charge is 2.13. The quantitative estimate of drug-likeness (QED) is 0.251. The molecule has 2 rings (SSSR count). The number of benzene rings is 2. The Hall–Kier alpha value is -2.00. The van der Waals surface area contributed by atoms with Crippen LogP contribution < -0.4 is 5.32 Å². The molecule has 0 aliphatic heterocycles. The van der Waals surface area contributed by atoms with Gasteiger partial charge in [0.25, 0.3) is 0 Å². The van der Waals surface area contributed by atoms with E-state index in [9.17, 15) is 4.79 Å². The summed E-state index contributed by atoms with van der Waals surface area (Å²) in [5.41, 5.74) is 2.16. The molecule has 176 valence electrons. The number of hydrogen-bond acceptors (Lipinski definition) is 1. The Balaban J connectivity index is 1.73. The maximum atomic E-state index is 12.9. The molecule has 3 nitrogen and oxygen atoms in total. The Bertz CT molecular complexity index is 733. The van der Waals surface area contributed by atoms with Crippen molar-refractivity contribution in [2.45, 2.75) is 84.0 Å². The van der Waals surface area contributed by atoms with Crippen LogP contribution in [0.3, 0.4) is 0 Å². The minimum atomic E-state index is -0.00778. The van der Waals surface area contributed by atoms with Crippen LogP contribution in [0.15, 0.2) is 54.6 Å². The van der Waals surface area contributed by atoms with Gasteiger partial charge in [-0.2, -0.15) is 0 Å². The monoisotopic (exact) mass is 456 g/mol. The molecule has 0 aromatic heterocycles. The lowest BCUT2D eigenvalue weighted by atomic mass is 10.1. The lowest BCUT2D eigenvalue weighted by Gasteiger charge is -2.23. The summed E-state index contributed by atoms with van der Waals surface area (Å²) in [6, 6.07) is 17.9. The summed E-state index contributed by atoms with van der Waals surface area (Å²) in [5.74, 6) is 0. The molecule has 0 aliphatic rings. The molecule has 2 aromatic carbocycles. The molecule has 0 fully saturated rings. The molecule has 1 N–H and O–H groups in total. The van der Waals surface area contributed by atoms with Gasteiger partial charge in [0.05, 0.1) is 0 Å². The molecule has 0 heterocycles. The summed E-state index contributed by atoms with van der Waals surface area (Å²) in [7, 11) is 0. The van der Waals surface area contributed by atoms with Gasteiger partial charge in [-0.1, -0.05) is 100 Å². The Morgan fingerprint density at radius 3 is 1.94 bits per heavy atom. The first-order valence-electron chi connectivity index (χ1n) is 12.5. The molecule has 0 saturated carbocycles. The molecule has 0 spiro atoms. The summed E-state index contributed by atoms with van der Waals surface area (Å²) < 4.78 is 0.